The predicted octanol–water partition coefficient (Wildman–Crippen LogP) is 1.43. The summed E-state index contributed by atoms with van der Waals surface area (Å²) in [7, 11) is -3.66. The van der Waals surface area contributed by atoms with Gasteiger partial charge in [-0.3, -0.25) is 4.40 Å². The second-order valence-electron chi connectivity index (χ2n) is 4.69. The van der Waals surface area contributed by atoms with E-state index in [0.29, 0.717) is 18.7 Å². The number of hydrazine groups is 1. The van der Waals surface area contributed by atoms with Crippen LogP contribution in [0.4, 0.5) is 5.82 Å². The first-order valence-electron chi connectivity index (χ1n) is 7.00. The highest BCUT2D eigenvalue weighted by atomic mass is 32.2. The Morgan fingerprint density at radius 2 is 2.14 bits per heavy atom. The van der Waals surface area contributed by atoms with Crippen molar-refractivity contribution >= 4 is 21.5 Å². The maximum atomic E-state index is 12.9. The number of unbranched alkanes of at least 4 members (excludes halogenated alkanes) is 1. The summed E-state index contributed by atoms with van der Waals surface area (Å²) in [4.78, 5) is 4.22. The van der Waals surface area contributed by atoms with E-state index in [-0.39, 0.29) is 10.8 Å². The van der Waals surface area contributed by atoms with Gasteiger partial charge in [-0.2, -0.15) is 4.31 Å². The molecule has 0 saturated heterocycles. The van der Waals surface area contributed by atoms with Crippen LogP contribution in [-0.4, -0.2) is 35.2 Å². The molecule has 3 N–H and O–H groups in total. The van der Waals surface area contributed by atoms with Gasteiger partial charge in [-0.15, -0.1) is 0 Å². The number of nitrogens with two attached hydrogens (primary N) is 1. The molecule has 0 bridgehead atoms. The maximum Gasteiger partial charge on any atom is 0.262 e. The van der Waals surface area contributed by atoms with Crippen molar-refractivity contribution in [2.75, 3.05) is 18.5 Å². The summed E-state index contributed by atoms with van der Waals surface area (Å²) in [5.74, 6) is 5.61. The molecule has 2 aromatic rings. The van der Waals surface area contributed by atoms with E-state index >= 15 is 0 Å². The Morgan fingerprint density at radius 3 is 2.76 bits per heavy atom. The molecule has 0 aliphatic heterocycles. The third kappa shape index (κ3) is 2.87. The molecule has 0 aromatic carbocycles. The summed E-state index contributed by atoms with van der Waals surface area (Å²) in [6, 6.07) is 5.30. The lowest BCUT2D eigenvalue weighted by molar-refractivity contribution is 0.416. The Balaban J connectivity index is 2.57. The zero-order chi connectivity index (χ0) is 15.5. The van der Waals surface area contributed by atoms with Crippen LogP contribution in [0.25, 0.3) is 5.65 Å². The number of aromatic nitrogens is 2. The molecular formula is C13H21N5O2S. The molecule has 0 unspecified atom stereocenters. The fourth-order valence-electron chi connectivity index (χ4n) is 2.22. The van der Waals surface area contributed by atoms with E-state index < -0.39 is 10.0 Å². The number of fused-ring (bicyclic) bond motifs is 1. The van der Waals surface area contributed by atoms with Crippen molar-refractivity contribution in [2.45, 2.75) is 31.7 Å². The lowest BCUT2D eigenvalue weighted by atomic mass is 10.3. The second kappa shape index (κ2) is 6.42. The number of nitrogens with one attached hydrogen (secondary N) is 1. The van der Waals surface area contributed by atoms with Gasteiger partial charge in [-0.1, -0.05) is 26.3 Å². The second-order valence-corrected chi connectivity index (χ2v) is 6.54. The minimum atomic E-state index is -3.66. The largest absolute Gasteiger partial charge is 0.306 e. The van der Waals surface area contributed by atoms with Crippen LogP contribution in [0.3, 0.4) is 0 Å². The van der Waals surface area contributed by atoms with Crippen LogP contribution < -0.4 is 11.3 Å². The first-order chi connectivity index (χ1) is 10.1. The van der Waals surface area contributed by atoms with E-state index in [0.717, 1.165) is 12.8 Å². The molecule has 0 amide bonds. The highest BCUT2D eigenvalue weighted by Gasteiger charge is 2.30. The van der Waals surface area contributed by atoms with Crippen LogP contribution >= 0.6 is 0 Å². The molecule has 8 heteroatoms. The van der Waals surface area contributed by atoms with Crippen molar-refractivity contribution in [3.63, 3.8) is 0 Å². The molecule has 21 heavy (non-hydrogen) atoms. The molecule has 2 aromatic heterocycles. The van der Waals surface area contributed by atoms with Gasteiger partial charge in [-0.25, -0.2) is 19.2 Å². The molecule has 116 valence electrons. The van der Waals surface area contributed by atoms with Crippen LogP contribution in [0.15, 0.2) is 29.4 Å². The Bertz CT molecular complexity index is 710. The van der Waals surface area contributed by atoms with Crippen LogP contribution in [0, 0.1) is 0 Å². The first-order valence-corrected chi connectivity index (χ1v) is 8.44. The number of sulfonamides is 1. The number of pyridine rings is 1. The molecule has 0 atom stereocenters. The molecule has 2 rings (SSSR count). The molecule has 7 nitrogen and oxygen atoms in total. The van der Waals surface area contributed by atoms with Gasteiger partial charge in [0.2, 0.25) is 5.03 Å². The highest BCUT2D eigenvalue weighted by Crippen LogP contribution is 2.25. The molecule has 0 radical (unpaired) electrons. The normalized spacial score (nSPS) is 12.2. The van der Waals surface area contributed by atoms with Gasteiger partial charge >= 0.3 is 0 Å². The van der Waals surface area contributed by atoms with Gasteiger partial charge in [-0.05, 0) is 18.6 Å². The van der Waals surface area contributed by atoms with Crippen LogP contribution in [0.1, 0.15) is 26.7 Å². The molecule has 0 fully saturated rings. The Labute approximate surface area is 124 Å². The smallest absolute Gasteiger partial charge is 0.262 e. The maximum absolute atomic E-state index is 12.9. The lowest BCUT2D eigenvalue weighted by Crippen LogP contribution is -2.33. The SMILES string of the molecule is CCCCN(CC)S(=O)(=O)c1c(NN)nc2ccccn12. The molecule has 0 saturated carbocycles. The van der Waals surface area contributed by atoms with E-state index in [9.17, 15) is 8.42 Å². The summed E-state index contributed by atoms with van der Waals surface area (Å²) in [6.45, 7) is 4.75. The van der Waals surface area contributed by atoms with E-state index in [1.54, 1.807) is 28.8 Å². The van der Waals surface area contributed by atoms with E-state index in [2.05, 4.69) is 10.4 Å². The fraction of sp³-hybridized carbons (Fsp3) is 0.462. The van der Waals surface area contributed by atoms with Gasteiger partial charge in [0.05, 0.1) is 0 Å². The van der Waals surface area contributed by atoms with E-state index in [4.69, 9.17) is 5.84 Å². The molecule has 0 aliphatic carbocycles. The van der Waals surface area contributed by atoms with Crippen molar-refractivity contribution in [3.05, 3.63) is 24.4 Å². The third-order valence-electron chi connectivity index (χ3n) is 3.32. The number of hydrogen-bond donors (Lipinski definition) is 2. The fourth-order valence-corrected chi connectivity index (χ4v) is 3.92. The van der Waals surface area contributed by atoms with Crippen LogP contribution in [-0.2, 0) is 10.0 Å². The monoisotopic (exact) mass is 311 g/mol. The molecule has 0 spiro atoms. The van der Waals surface area contributed by atoms with E-state index in [1.165, 1.54) is 4.31 Å². The molecule has 0 aliphatic rings. The molecular weight excluding hydrogens is 290 g/mol. The third-order valence-corrected chi connectivity index (χ3v) is 5.32. The standard InChI is InChI=1S/C13H21N5O2S/c1-3-5-9-17(4-2)21(19,20)13-12(16-14)15-11-8-6-7-10-18(11)13/h6-8,10,16H,3-5,9,14H2,1-2H3. The van der Waals surface area contributed by atoms with Crippen LogP contribution in [0.2, 0.25) is 0 Å². The summed E-state index contributed by atoms with van der Waals surface area (Å²) in [5.41, 5.74) is 2.93. The van der Waals surface area contributed by atoms with Crippen LogP contribution in [0.5, 0.6) is 0 Å². The minimum Gasteiger partial charge on any atom is -0.306 e. The number of rotatable bonds is 7. The predicted molar refractivity (Wildman–Crippen MR) is 82.3 cm³/mol. The Kier molecular flexibility index (Phi) is 4.81. The van der Waals surface area contributed by atoms with Crippen molar-refractivity contribution in [1.29, 1.82) is 0 Å². The lowest BCUT2D eigenvalue weighted by Gasteiger charge is -2.20. The first kappa shape index (κ1) is 15.7. The van der Waals surface area contributed by atoms with E-state index in [1.807, 2.05) is 13.8 Å². The van der Waals surface area contributed by atoms with Gasteiger partial charge in [0, 0.05) is 19.3 Å². The Hall–Kier alpha value is -1.64. The van der Waals surface area contributed by atoms with Gasteiger partial charge in [0.25, 0.3) is 10.0 Å². The number of nitrogens with zero attached hydrogens (tertiary/aromatic N) is 3. The quantitative estimate of drug-likeness (QED) is 0.596. The number of hydrogen-bond acceptors (Lipinski definition) is 5. The zero-order valence-electron chi connectivity index (χ0n) is 12.3. The summed E-state index contributed by atoms with van der Waals surface area (Å²) in [6.07, 6.45) is 3.42. The van der Waals surface area contributed by atoms with Crippen molar-refractivity contribution in [3.8, 4) is 0 Å². The molecule has 2 heterocycles. The number of imidazole rings is 1. The van der Waals surface area contributed by atoms with Gasteiger partial charge in [0.15, 0.2) is 5.82 Å². The summed E-state index contributed by atoms with van der Waals surface area (Å²) < 4.78 is 28.8. The van der Waals surface area contributed by atoms with Gasteiger partial charge < -0.3 is 5.43 Å². The van der Waals surface area contributed by atoms with Crippen molar-refractivity contribution < 1.29 is 8.42 Å². The topological polar surface area (TPSA) is 92.7 Å². The summed E-state index contributed by atoms with van der Waals surface area (Å²) in [5, 5.41) is 0.0820. The average Bonchev–Trinajstić information content (AvgIpc) is 2.87. The number of nitrogen functional groups attached to an aromatic ring is 1. The van der Waals surface area contributed by atoms with Gasteiger partial charge in [0.1, 0.15) is 5.65 Å². The highest BCUT2D eigenvalue weighted by molar-refractivity contribution is 7.89. The number of anilines is 1. The van der Waals surface area contributed by atoms with Crippen molar-refractivity contribution in [1.82, 2.24) is 13.7 Å². The minimum absolute atomic E-state index is 0.0820. The average molecular weight is 311 g/mol. The van der Waals surface area contributed by atoms with Crippen molar-refractivity contribution in [2.24, 2.45) is 5.84 Å². The summed E-state index contributed by atoms with van der Waals surface area (Å²) >= 11 is 0. The zero-order valence-corrected chi connectivity index (χ0v) is 13.1. The Morgan fingerprint density at radius 1 is 1.38 bits per heavy atom.